The molecule has 0 saturated heterocycles. The molecule has 1 aliphatic rings. The summed E-state index contributed by atoms with van der Waals surface area (Å²) < 4.78 is 17.2. The highest BCUT2D eigenvalue weighted by Gasteiger charge is 2.16. The molecule has 0 atom stereocenters. The van der Waals surface area contributed by atoms with Gasteiger partial charge in [0.1, 0.15) is 13.2 Å². The van der Waals surface area contributed by atoms with Gasteiger partial charge in [0.05, 0.1) is 15.4 Å². The molecular weight excluding hydrogens is 458 g/mol. The zero-order valence-electron chi connectivity index (χ0n) is 17.9. The molecule has 0 aliphatic carbocycles. The van der Waals surface area contributed by atoms with Gasteiger partial charge < -0.3 is 25.2 Å². The summed E-state index contributed by atoms with van der Waals surface area (Å²) in [6.07, 6.45) is 0.735. The zero-order valence-corrected chi connectivity index (χ0v) is 19.5. The lowest BCUT2D eigenvalue weighted by atomic mass is 10.0. The van der Waals surface area contributed by atoms with Crippen LogP contribution in [0.2, 0.25) is 5.02 Å². The number of rotatable bonds is 8. The predicted octanol–water partition coefficient (Wildman–Crippen LogP) is 5.60. The molecule has 0 unspecified atom stereocenters. The van der Waals surface area contributed by atoms with Crippen LogP contribution >= 0.6 is 23.1 Å². The molecule has 8 heteroatoms. The smallest absolute Gasteiger partial charge is 0.161 e. The molecule has 5 rings (SSSR count). The van der Waals surface area contributed by atoms with Crippen molar-refractivity contribution >= 4 is 44.7 Å². The van der Waals surface area contributed by atoms with Crippen LogP contribution in [0.25, 0.3) is 21.2 Å². The number of nitrogens with zero attached hydrogens (tertiary/aromatic N) is 1. The van der Waals surface area contributed by atoms with Crippen LogP contribution in [-0.4, -0.2) is 35.8 Å². The van der Waals surface area contributed by atoms with Gasteiger partial charge in [0, 0.05) is 24.1 Å². The quantitative estimate of drug-likeness (QED) is 0.284. The summed E-state index contributed by atoms with van der Waals surface area (Å²) in [6.45, 7) is 2.81. The summed E-state index contributed by atoms with van der Waals surface area (Å²) in [5.41, 5.74) is 4.07. The van der Waals surface area contributed by atoms with E-state index in [0.29, 0.717) is 24.8 Å². The highest BCUT2D eigenvalue weighted by molar-refractivity contribution is 7.14. The lowest BCUT2D eigenvalue weighted by Crippen LogP contribution is -2.15. The first kappa shape index (κ1) is 22.0. The number of ether oxygens (including phenoxy) is 2. The Bertz CT molecular complexity index is 1280. The van der Waals surface area contributed by atoms with Crippen LogP contribution in [0.5, 0.6) is 11.5 Å². The molecule has 0 saturated carbocycles. The monoisotopic (exact) mass is 481 g/mol. The lowest BCUT2D eigenvalue weighted by Gasteiger charge is -2.19. The number of aliphatic hydroxyl groups is 1. The Balaban J connectivity index is 1.38. The van der Waals surface area contributed by atoms with Gasteiger partial charge in [-0.2, -0.15) is 4.37 Å². The van der Waals surface area contributed by atoms with E-state index in [9.17, 15) is 0 Å². The van der Waals surface area contributed by atoms with Gasteiger partial charge in [-0.05, 0) is 66.0 Å². The molecular formula is C25H24ClN3O3S. The fourth-order valence-electron chi connectivity index (χ4n) is 3.82. The molecule has 6 nitrogen and oxygen atoms in total. The number of aliphatic hydroxyl groups excluding tert-OH is 1. The molecule has 0 spiro atoms. The first-order valence-electron chi connectivity index (χ1n) is 10.9. The molecule has 0 bridgehead atoms. The van der Waals surface area contributed by atoms with Crippen molar-refractivity contribution in [3.05, 3.63) is 65.2 Å². The average molecular weight is 482 g/mol. The van der Waals surface area contributed by atoms with Gasteiger partial charge in [0.25, 0.3) is 0 Å². The van der Waals surface area contributed by atoms with E-state index in [1.165, 1.54) is 11.5 Å². The Labute approximate surface area is 201 Å². The summed E-state index contributed by atoms with van der Waals surface area (Å²) in [7, 11) is 0. The molecule has 1 aromatic heterocycles. The number of anilines is 2. The summed E-state index contributed by atoms with van der Waals surface area (Å²) in [6, 6.07) is 18.2. The van der Waals surface area contributed by atoms with Gasteiger partial charge in [-0.25, -0.2) is 0 Å². The standard InChI is InChI=1S/C25H24ClN3O3S/c26-20-13-16(15-27-9-2-10-30)5-7-21(20)28-25-19-4-1-3-18(24(19)33-29-25)17-6-8-22-23(14-17)32-12-11-31-22/h1,3-8,13-14,27,30H,2,9-12,15H2,(H,28,29). The minimum Gasteiger partial charge on any atom is -0.486 e. The number of nitrogens with one attached hydrogen (secondary N) is 2. The van der Waals surface area contributed by atoms with Gasteiger partial charge >= 0.3 is 0 Å². The molecule has 2 heterocycles. The number of aromatic nitrogens is 1. The number of benzene rings is 3. The van der Waals surface area contributed by atoms with Gasteiger partial charge in [-0.1, -0.05) is 35.9 Å². The Hall–Kier alpha value is -2.84. The molecule has 4 aromatic rings. The predicted molar refractivity (Wildman–Crippen MR) is 134 cm³/mol. The largest absolute Gasteiger partial charge is 0.486 e. The van der Waals surface area contributed by atoms with E-state index in [4.69, 9.17) is 26.2 Å². The Morgan fingerprint density at radius 3 is 2.76 bits per heavy atom. The topological polar surface area (TPSA) is 75.6 Å². The third kappa shape index (κ3) is 4.77. The lowest BCUT2D eigenvalue weighted by molar-refractivity contribution is 0.171. The van der Waals surface area contributed by atoms with Gasteiger partial charge in [-0.15, -0.1) is 0 Å². The summed E-state index contributed by atoms with van der Waals surface area (Å²) in [5.74, 6) is 2.34. The highest BCUT2D eigenvalue weighted by Crippen LogP contribution is 2.40. The van der Waals surface area contributed by atoms with Gasteiger partial charge in [-0.3, -0.25) is 0 Å². The van der Waals surface area contributed by atoms with Crippen molar-refractivity contribution in [2.45, 2.75) is 13.0 Å². The van der Waals surface area contributed by atoms with Crippen molar-refractivity contribution in [1.29, 1.82) is 0 Å². The van der Waals surface area contributed by atoms with Crippen LogP contribution in [0, 0.1) is 0 Å². The maximum Gasteiger partial charge on any atom is 0.161 e. The van der Waals surface area contributed by atoms with Crippen molar-refractivity contribution < 1.29 is 14.6 Å². The van der Waals surface area contributed by atoms with Crippen molar-refractivity contribution in [1.82, 2.24) is 9.69 Å². The van der Waals surface area contributed by atoms with E-state index in [2.05, 4.69) is 33.2 Å². The van der Waals surface area contributed by atoms with E-state index >= 15 is 0 Å². The summed E-state index contributed by atoms with van der Waals surface area (Å²) in [5, 5.41) is 17.3. The molecule has 1 aliphatic heterocycles. The minimum absolute atomic E-state index is 0.189. The van der Waals surface area contributed by atoms with Crippen LogP contribution in [0.15, 0.2) is 54.6 Å². The molecule has 3 N–H and O–H groups in total. The second kappa shape index (κ2) is 9.97. The number of fused-ring (bicyclic) bond motifs is 2. The Morgan fingerprint density at radius 1 is 1.03 bits per heavy atom. The molecule has 3 aromatic carbocycles. The van der Waals surface area contributed by atoms with Crippen molar-refractivity contribution in [3.63, 3.8) is 0 Å². The summed E-state index contributed by atoms with van der Waals surface area (Å²) in [4.78, 5) is 0. The first-order chi connectivity index (χ1) is 16.2. The third-order valence-electron chi connectivity index (χ3n) is 5.48. The number of halogens is 1. The molecule has 0 amide bonds. The van der Waals surface area contributed by atoms with E-state index < -0.39 is 0 Å². The van der Waals surface area contributed by atoms with Crippen molar-refractivity contribution in [3.8, 4) is 22.6 Å². The number of hydrogen-bond acceptors (Lipinski definition) is 7. The zero-order chi connectivity index (χ0) is 22.6. The molecule has 0 fully saturated rings. The van der Waals surface area contributed by atoms with Crippen LogP contribution < -0.4 is 20.1 Å². The number of hydrogen-bond donors (Lipinski definition) is 3. The Morgan fingerprint density at radius 2 is 1.91 bits per heavy atom. The van der Waals surface area contributed by atoms with Crippen LogP contribution in [-0.2, 0) is 6.54 Å². The van der Waals surface area contributed by atoms with Crippen LogP contribution in [0.3, 0.4) is 0 Å². The molecule has 0 radical (unpaired) electrons. The van der Waals surface area contributed by atoms with Crippen LogP contribution in [0.4, 0.5) is 11.5 Å². The molecule has 33 heavy (non-hydrogen) atoms. The van der Waals surface area contributed by atoms with Gasteiger partial charge in [0.2, 0.25) is 0 Å². The fraction of sp³-hybridized carbons (Fsp3) is 0.240. The fourth-order valence-corrected chi connectivity index (χ4v) is 4.95. The van der Waals surface area contributed by atoms with Gasteiger partial charge in [0.15, 0.2) is 17.3 Å². The Kier molecular flexibility index (Phi) is 6.64. The minimum atomic E-state index is 0.189. The maximum absolute atomic E-state index is 8.89. The highest BCUT2D eigenvalue weighted by atomic mass is 35.5. The molecule has 170 valence electrons. The van der Waals surface area contributed by atoms with E-state index in [0.717, 1.165) is 62.7 Å². The second-order valence-corrected chi connectivity index (χ2v) is 8.95. The van der Waals surface area contributed by atoms with E-state index in [1.807, 2.05) is 36.4 Å². The average Bonchev–Trinajstić information content (AvgIpc) is 3.26. The maximum atomic E-state index is 8.89. The normalized spacial score (nSPS) is 12.8. The van der Waals surface area contributed by atoms with E-state index in [-0.39, 0.29) is 6.61 Å². The third-order valence-corrected chi connectivity index (χ3v) is 6.69. The van der Waals surface area contributed by atoms with Crippen LogP contribution in [0.1, 0.15) is 12.0 Å². The second-order valence-electron chi connectivity index (χ2n) is 7.77. The summed E-state index contributed by atoms with van der Waals surface area (Å²) >= 11 is 8.01. The van der Waals surface area contributed by atoms with Crippen molar-refractivity contribution in [2.24, 2.45) is 0 Å². The first-order valence-corrected chi connectivity index (χ1v) is 12.0. The SMILES string of the molecule is OCCCNCc1ccc(Nc2nsc3c(-c4ccc5c(c4)OCCO5)cccc23)c(Cl)c1. The van der Waals surface area contributed by atoms with Crippen molar-refractivity contribution in [2.75, 3.05) is 31.7 Å². The van der Waals surface area contributed by atoms with E-state index in [1.54, 1.807) is 0 Å².